The SMILES string of the molecule is CSc1ccc(-c2nsc(NC(=O)c3cc(-c4ccccc4)nc4c3c(C)nn4C)n2)cc1. The van der Waals surface area contributed by atoms with E-state index in [4.69, 9.17) is 4.98 Å². The summed E-state index contributed by atoms with van der Waals surface area (Å²) in [5.41, 5.74) is 4.46. The molecule has 0 radical (unpaired) electrons. The van der Waals surface area contributed by atoms with Gasteiger partial charge >= 0.3 is 0 Å². The Labute approximate surface area is 199 Å². The Hall–Kier alpha value is -3.56. The zero-order chi connectivity index (χ0) is 22.9. The van der Waals surface area contributed by atoms with Crippen LogP contribution in [0.1, 0.15) is 16.1 Å². The number of fused-ring (bicyclic) bond motifs is 1. The van der Waals surface area contributed by atoms with Gasteiger partial charge in [-0.3, -0.25) is 14.8 Å². The number of pyridine rings is 1. The van der Waals surface area contributed by atoms with Crippen molar-refractivity contribution in [2.24, 2.45) is 7.05 Å². The lowest BCUT2D eigenvalue weighted by Crippen LogP contribution is -2.13. The van der Waals surface area contributed by atoms with Crippen LogP contribution >= 0.6 is 23.3 Å². The molecule has 0 fully saturated rings. The first kappa shape index (κ1) is 21.3. The minimum atomic E-state index is -0.267. The smallest absolute Gasteiger partial charge is 0.258 e. The molecule has 1 N–H and O–H groups in total. The molecule has 3 heterocycles. The number of nitrogens with one attached hydrogen (secondary N) is 1. The Kier molecular flexibility index (Phi) is 5.65. The summed E-state index contributed by atoms with van der Waals surface area (Å²) >= 11 is 2.84. The van der Waals surface area contributed by atoms with E-state index < -0.39 is 0 Å². The third kappa shape index (κ3) is 4.12. The first-order chi connectivity index (χ1) is 16.0. The second kappa shape index (κ2) is 8.76. The van der Waals surface area contributed by atoms with Crippen molar-refractivity contribution in [1.29, 1.82) is 0 Å². The van der Waals surface area contributed by atoms with E-state index in [1.54, 1.807) is 16.4 Å². The molecular formula is C24H20N6OS2. The fourth-order valence-electron chi connectivity index (χ4n) is 3.68. The van der Waals surface area contributed by atoms with Gasteiger partial charge in [0, 0.05) is 34.6 Å². The van der Waals surface area contributed by atoms with Crippen LogP contribution in [-0.4, -0.2) is 36.3 Å². The summed E-state index contributed by atoms with van der Waals surface area (Å²) in [4.78, 5) is 23.8. The van der Waals surface area contributed by atoms with Gasteiger partial charge in [-0.25, -0.2) is 4.98 Å². The summed E-state index contributed by atoms with van der Waals surface area (Å²) in [5.74, 6) is 0.321. The lowest BCUT2D eigenvalue weighted by Gasteiger charge is -2.08. The second-order valence-corrected chi connectivity index (χ2v) is 9.07. The predicted octanol–water partition coefficient (Wildman–Crippen LogP) is 5.44. The molecule has 9 heteroatoms. The predicted molar refractivity (Wildman–Crippen MR) is 134 cm³/mol. The molecule has 0 aliphatic heterocycles. The molecule has 3 aromatic heterocycles. The molecule has 0 unspecified atom stereocenters. The van der Waals surface area contributed by atoms with Gasteiger partial charge in [0.05, 0.1) is 22.3 Å². The highest BCUT2D eigenvalue weighted by atomic mass is 32.2. The first-order valence-electron chi connectivity index (χ1n) is 10.2. The molecule has 0 saturated heterocycles. The number of carbonyl (C=O) groups excluding carboxylic acids is 1. The van der Waals surface area contributed by atoms with E-state index in [0.717, 1.165) is 33.7 Å². The van der Waals surface area contributed by atoms with Crippen molar-refractivity contribution in [3.05, 3.63) is 71.9 Å². The summed E-state index contributed by atoms with van der Waals surface area (Å²) < 4.78 is 6.12. The van der Waals surface area contributed by atoms with E-state index in [1.165, 1.54) is 4.90 Å². The lowest BCUT2D eigenvalue weighted by molar-refractivity contribution is 0.102. The number of amides is 1. The summed E-state index contributed by atoms with van der Waals surface area (Å²) in [7, 11) is 1.83. The number of aryl methyl sites for hydroxylation is 2. The molecule has 0 aliphatic carbocycles. The number of hydrogen-bond donors (Lipinski definition) is 1. The molecule has 0 saturated carbocycles. The molecule has 2 aromatic carbocycles. The third-order valence-corrected chi connectivity index (χ3v) is 6.65. The normalized spacial score (nSPS) is 11.1. The number of anilines is 1. The highest BCUT2D eigenvalue weighted by Crippen LogP contribution is 2.28. The molecule has 5 aromatic rings. The average Bonchev–Trinajstić information content (AvgIpc) is 3.43. The van der Waals surface area contributed by atoms with Crippen molar-refractivity contribution in [2.75, 3.05) is 11.6 Å². The summed E-state index contributed by atoms with van der Waals surface area (Å²) in [6, 6.07) is 19.6. The number of hydrogen-bond acceptors (Lipinski definition) is 7. The zero-order valence-electron chi connectivity index (χ0n) is 18.2. The Morgan fingerprint density at radius 2 is 1.79 bits per heavy atom. The van der Waals surface area contributed by atoms with E-state index in [2.05, 4.69) is 19.8 Å². The van der Waals surface area contributed by atoms with Gasteiger partial charge in [-0.1, -0.05) is 42.5 Å². The molecule has 33 heavy (non-hydrogen) atoms. The van der Waals surface area contributed by atoms with Crippen molar-refractivity contribution in [1.82, 2.24) is 24.1 Å². The fraction of sp³-hybridized carbons (Fsp3) is 0.125. The van der Waals surface area contributed by atoms with Crippen molar-refractivity contribution >= 4 is 45.4 Å². The van der Waals surface area contributed by atoms with Gasteiger partial charge in [-0.15, -0.1) is 11.8 Å². The maximum absolute atomic E-state index is 13.4. The summed E-state index contributed by atoms with van der Waals surface area (Å²) in [6.07, 6.45) is 2.03. The van der Waals surface area contributed by atoms with Crippen LogP contribution in [0.25, 0.3) is 33.7 Å². The molecule has 0 bridgehead atoms. The second-order valence-electron chi connectivity index (χ2n) is 7.43. The molecule has 5 rings (SSSR count). The van der Waals surface area contributed by atoms with Gasteiger partial charge in [0.15, 0.2) is 11.5 Å². The number of rotatable bonds is 5. The van der Waals surface area contributed by atoms with Crippen molar-refractivity contribution < 1.29 is 4.79 Å². The van der Waals surface area contributed by atoms with Gasteiger partial charge in [0.1, 0.15) is 0 Å². The lowest BCUT2D eigenvalue weighted by atomic mass is 10.1. The van der Waals surface area contributed by atoms with E-state index in [0.29, 0.717) is 27.9 Å². The van der Waals surface area contributed by atoms with Crippen molar-refractivity contribution in [3.8, 4) is 22.6 Å². The Balaban J connectivity index is 1.50. The van der Waals surface area contributed by atoms with E-state index in [-0.39, 0.29) is 5.91 Å². The highest BCUT2D eigenvalue weighted by molar-refractivity contribution is 7.98. The van der Waals surface area contributed by atoms with Gasteiger partial charge in [0.2, 0.25) is 5.13 Å². The van der Waals surface area contributed by atoms with Crippen LogP contribution < -0.4 is 5.32 Å². The number of carbonyl (C=O) groups is 1. The Bertz CT molecular complexity index is 1460. The van der Waals surface area contributed by atoms with E-state index in [1.807, 2.05) is 80.9 Å². The van der Waals surface area contributed by atoms with Crippen molar-refractivity contribution in [3.63, 3.8) is 0 Å². The van der Waals surface area contributed by atoms with Crippen LogP contribution in [0.4, 0.5) is 5.13 Å². The average molecular weight is 473 g/mol. The maximum atomic E-state index is 13.4. The molecule has 0 spiro atoms. The van der Waals surface area contributed by atoms with Crippen LogP contribution in [-0.2, 0) is 7.05 Å². The van der Waals surface area contributed by atoms with Crippen LogP contribution in [0.3, 0.4) is 0 Å². The zero-order valence-corrected chi connectivity index (χ0v) is 19.9. The van der Waals surface area contributed by atoms with Gasteiger partial charge < -0.3 is 0 Å². The number of aromatic nitrogens is 5. The molecule has 164 valence electrons. The first-order valence-corrected chi connectivity index (χ1v) is 12.2. The van der Waals surface area contributed by atoms with Gasteiger partial charge in [0.25, 0.3) is 5.91 Å². The van der Waals surface area contributed by atoms with E-state index in [9.17, 15) is 4.79 Å². The summed E-state index contributed by atoms with van der Waals surface area (Å²) in [6.45, 7) is 1.88. The minimum absolute atomic E-state index is 0.267. The number of nitrogens with zero attached hydrogens (tertiary/aromatic N) is 5. The molecule has 1 amide bonds. The van der Waals surface area contributed by atoms with Gasteiger partial charge in [-0.2, -0.15) is 14.5 Å². The largest absolute Gasteiger partial charge is 0.297 e. The quantitative estimate of drug-likeness (QED) is 0.343. The number of benzene rings is 2. The van der Waals surface area contributed by atoms with Crippen LogP contribution in [0, 0.1) is 6.92 Å². The minimum Gasteiger partial charge on any atom is -0.297 e. The third-order valence-electron chi connectivity index (χ3n) is 5.28. The van der Waals surface area contributed by atoms with Crippen LogP contribution in [0.15, 0.2) is 65.6 Å². The standard InChI is InChI=1S/C24H20N6OS2/c1-14-20-18(13-19(15-7-5-4-6-8-15)25-22(20)30(2)28-14)23(31)27-24-26-21(29-33-24)16-9-11-17(32-3)12-10-16/h4-13H,1-3H3,(H,26,27,29,31). The highest BCUT2D eigenvalue weighted by Gasteiger charge is 2.20. The monoisotopic (exact) mass is 472 g/mol. The molecule has 7 nitrogen and oxygen atoms in total. The van der Waals surface area contributed by atoms with Crippen LogP contribution in [0.5, 0.6) is 0 Å². The number of thioether (sulfide) groups is 1. The molecule has 0 aliphatic rings. The Morgan fingerprint density at radius 3 is 2.52 bits per heavy atom. The summed E-state index contributed by atoms with van der Waals surface area (Å²) in [5, 5.41) is 8.57. The topological polar surface area (TPSA) is 85.6 Å². The van der Waals surface area contributed by atoms with Gasteiger partial charge in [-0.05, 0) is 31.4 Å². The fourth-order valence-corrected chi connectivity index (χ4v) is 4.67. The van der Waals surface area contributed by atoms with E-state index >= 15 is 0 Å². The molecular weight excluding hydrogens is 452 g/mol. The molecule has 0 atom stereocenters. The maximum Gasteiger partial charge on any atom is 0.258 e. The Morgan fingerprint density at radius 1 is 1.03 bits per heavy atom. The van der Waals surface area contributed by atoms with Crippen molar-refractivity contribution in [2.45, 2.75) is 11.8 Å². The van der Waals surface area contributed by atoms with Crippen LogP contribution in [0.2, 0.25) is 0 Å².